The van der Waals surface area contributed by atoms with E-state index in [4.69, 9.17) is 0 Å². The first-order valence-corrected chi connectivity index (χ1v) is 6.37. The van der Waals surface area contributed by atoms with Gasteiger partial charge in [0.05, 0.1) is 5.60 Å². The van der Waals surface area contributed by atoms with Crippen molar-refractivity contribution in [3.8, 4) is 0 Å². The highest BCUT2D eigenvalue weighted by molar-refractivity contribution is 5.69. The predicted octanol–water partition coefficient (Wildman–Crippen LogP) is 2.16. The fourth-order valence-electron chi connectivity index (χ4n) is 3.02. The van der Waals surface area contributed by atoms with Crippen LogP contribution >= 0.6 is 0 Å². The van der Waals surface area contributed by atoms with Gasteiger partial charge < -0.3 is 5.11 Å². The summed E-state index contributed by atoms with van der Waals surface area (Å²) in [7, 11) is 0. The molecule has 0 aromatic heterocycles. The van der Waals surface area contributed by atoms with Crippen molar-refractivity contribution in [3.05, 3.63) is 42.0 Å². The van der Waals surface area contributed by atoms with Crippen molar-refractivity contribution in [2.45, 2.75) is 18.9 Å². The highest BCUT2D eigenvalue weighted by Gasteiger charge is 2.41. The Morgan fingerprint density at radius 1 is 1.29 bits per heavy atom. The number of aliphatic hydroxyl groups is 1. The van der Waals surface area contributed by atoms with Gasteiger partial charge in [-0.3, -0.25) is 4.90 Å². The molecule has 2 bridgehead atoms. The normalized spacial score (nSPS) is 36.5. The fourth-order valence-corrected chi connectivity index (χ4v) is 3.02. The van der Waals surface area contributed by atoms with Crippen LogP contribution in [0.2, 0.25) is 0 Å². The minimum Gasteiger partial charge on any atom is -0.389 e. The number of hydrogen-bond acceptors (Lipinski definition) is 2. The van der Waals surface area contributed by atoms with Gasteiger partial charge in [0, 0.05) is 25.6 Å². The highest BCUT2D eigenvalue weighted by atomic mass is 16.3. The van der Waals surface area contributed by atoms with Gasteiger partial charge in [-0.25, -0.2) is 0 Å². The van der Waals surface area contributed by atoms with Crippen molar-refractivity contribution in [2.24, 2.45) is 5.92 Å². The Morgan fingerprint density at radius 3 is 2.82 bits per heavy atom. The second kappa shape index (κ2) is 3.97. The van der Waals surface area contributed by atoms with Crippen molar-refractivity contribution >= 4 is 5.57 Å². The molecule has 1 N–H and O–H groups in total. The quantitative estimate of drug-likeness (QED) is 0.797. The van der Waals surface area contributed by atoms with Crippen LogP contribution in [0.4, 0.5) is 0 Å². The van der Waals surface area contributed by atoms with Crippen LogP contribution in [0.5, 0.6) is 0 Å². The Balaban J connectivity index is 1.99. The predicted molar refractivity (Wildman–Crippen MR) is 69.6 cm³/mol. The Morgan fingerprint density at radius 2 is 2.06 bits per heavy atom. The minimum atomic E-state index is -0.557. The molecule has 2 heterocycles. The van der Waals surface area contributed by atoms with Crippen LogP contribution in [0, 0.1) is 5.92 Å². The summed E-state index contributed by atoms with van der Waals surface area (Å²) in [6.07, 6.45) is 3.17. The van der Waals surface area contributed by atoms with E-state index in [2.05, 4.69) is 35.2 Å². The van der Waals surface area contributed by atoms with E-state index in [1.54, 1.807) is 0 Å². The van der Waals surface area contributed by atoms with Crippen LogP contribution in [0.15, 0.2) is 36.4 Å². The second-order valence-electron chi connectivity index (χ2n) is 5.44. The second-order valence-corrected chi connectivity index (χ2v) is 5.44. The zero-order chi connectivity index (χ0) is 11.9. The summed E-state index contributed by atoms with van der Waals surface area (Å²) < 4.78 is 0. The fraction of sp³-hybridized carbons (Fsp3) is 0.467. The van der Waals surface area contributed by atoms with Crippen molar-refractivity contribution < 1.29 is 5.11 Å². The zero-order valence-corrected chi connectivity index (χ0v) is 10.3. The number of benzene rings is 1. The van der Waals surface area contributed by atoms with Gasteiger partial charge in [-0.2, -0.15) is 0 Å². The van der Waals surface area contributed by atoms with Gasteiger partial charge in [0.1, 0.15) is 0 Å². The van der Waals surface area contributed by atoms with E-state index in [1.807, 2.05) is 13.0 Å². The van der Waals surface area contributed by atoms with Crippen LogP contribution in [-0.4, -0.2) is 35.2 Å². The van der Waals surface area contributed by atoms with Crippen LogP contribution in [-0.2, 0) is 0 Å². The molecule has 0 radical (unpaired) electrons. The first kappa shape index (κ1) is 11.0. The van der Waals surface area contributed by atoms with Crippen molar-refractivity contribution in [3.63, 3.8) is 0 Å². The van der Waals surface area contributed by atoms with Gasteiger partial charge in [0.2, 0.25) is 0 Å². The molecule has 0 saturated carbocycles. The lowest BCUT2D eigenvalue weighted by Gasteiger charge is -2.46. The largest absolute Gasteiger partial charge is 0.389 e. The van der Waals surface area contributed by atoms with E-state index >= 15 is 0 Å². The monoisotopic (exact) mass is 229 g/mol. The number of piperidine rings is 1. The van der Waals surface area contributed by atoms with Crippen LogP contribution in [0.1, 0.15) is 18.9 Å². The van der Waals surface area contributed by atoms with Crippen LogP contribution < -0.4 is 0 Å². The van der Waals surface area contributed by atoms with Gasteiger partial charge in [0.25, 0.3) is 0 Å². The Hall–Kier alpha value is -1.12. The maximum Gasteiger partial charge on any atom is 0.0712 e. The van der Waals surface area contributed by atoms with Crippen molar-refractivity contribution in [2.75, 3.05) is 19.6 Å². The Bertz CT molecular complexity index is 435. The molecule has 3 atom stereocenters. The summed E-state index contributed by atoms with van der Waals surface area (Å²) in [5, 5.41) is 10.6. The molecule has 3 rings (SSSR count). The lowest BCUT2D eigenvalue weighted by atomic mass is 9.74. The molecule has 2 aliphatic rings. The van der Waals surface area contributed by atoms with Gasteiger partial charge in [0.15, 0.2) is 0 Å². The topological polar surface area (TPSA) is 23.5 Å². The molecule has 2 heteroatoms. The maximum absolute atomic E-state index is 10.6. The van der Waals surface area contributed by atoms with Crippen molar-refractivity contribution in [1.82, 2.24) is 4.90 Å². The molecule has 0 aliphatic carbocycles. The third-order valence-electron chi connectivity index (χ3n) is 4.18. The van der Waals surface area contributed by atoms with Gasteiger partial charge in [-0.15, -0.1) is 0 Å². The summed E-state index contributed by atoms with van der Waals surface area (Å²) in [5.41, 5.74) is 2.03. The summed E-state index contributed by atoms with van der Waals surface area (Å²) in [6.45, 7) is 5.02. The van der Waals surface area contributed by atoms with E-state index in [1.165, 1.54) is 11.1 Å². The highest BCUT2D eigenvalue weighted by Crippen LogP contribution is 2.39. The Labute approximate surface area is 103 Å². The lowest BCUT2D eigenvalue weighted by Crippen LogP contribution is -2.52. The molecule has 1 fully saturated rings. The minimum absolute atomic E-state index is 0.257. The molecule has 1 unspecified atom stereocenters. The number of hydrogen-bond donors (Lipinski definition) is 1. The van der Waals surface area contributed by atoms with E-state index in [0.29, 0.717) is 0 Å². The van der Waals surface area contributed by atoms with Gasteiger partial charge in [-0.1, -0.05) is 36.4 Å². The van der Waals surface area contributed by atoms with E-state index in [-0.39, 0.29) is 5.92 Å². The summed E-state index contributed by atoms with van der Waals surface area (Å²) >= 11 is 0. The molecular weight excluding hydrogens is 210 g/mol. The average molecular weight is 229 g/mol. The Kier molecular flexibility index (Phi) is 2.57. The number of nitrogens with zero attached hydrogens (tertiary/aromatic N) is 1. The van der Waals surface area contributed by atoms with Crippen molar-refractivity contribution in [1.29, 1.82) is 0 Å². The molecule has 0 amide bonds. The zero-order valence-electron chi connectivity index (χ0n) is 10.3. The maximum atomic E-state index is 10.6. The number of fused-ring (bicyclic) bond motifs is 2. The van der Waals surface area contributed by atoms with Gasteiger partial charge in [-0.05, 0) is 24.5 Å². The summed E-state index contributed by atoms with van der Waals surface area (Å²) in [5.74, 6) is 0.257. The molecule has 2 aliphatic heterocycles. The number of rotatable bonds is 1. The average Bonchev–Trinajstić information content (AvgIpc) is 2.36. The third kappa shape index (κ3) is 1.92. The molecule has 0 spiro atoms. The van der Waals surface area contributed by atoms with E-state index < -0.39 is 5.60 Å². The molecule has 2 nitrogen and oxygen atoms in total. The van der Waals surface area contributed by atoms with Crippen LogP contribution in [0.25, 0.3) is 5.57 Å². The van der Waals surface area contributed by atoms with Crippen LogP contribution in [0.3, 0.4) is 0 Å². The SMILES string of the molecule is C[C@]1(O)CCN2CC=C(c3ccccc3)[C@@H]1C2. The van der Waals surface area contributed by atoms with E-state index in [0.717, 1.165) is 26.1 Å². The molecular formula is C15H19NO. The lowest BCUT2D eigenvalue weighted by molar-refractivity contribution is -0.0366. The smallest absolute Gasteiger partial charge is 0.0712 e. The van der Waals surface area contributed by atoms with Gasteiger partial charge >= 0.3 is 0 Å². The first-order chi connectivity index (χ1) is 8.17. The standard InChI is InChI=1S/C15H19NO/c1-15(17)8-10-16-9-7-13(14(15)11-16)12-5-3-2-4-6-12/h2-7,14,17H,8-11H2,1H3/t14-,15-/m0/s1. The molecule has 1 aromatic rings. The molecule has 1 aromatic carbocycles. The third-order valence-corrected chi connectivity index (χ3v) is 4.18. The molecule has 90 valence electrons. The van der Waals surface area contributed by atoms with E-state index in [9.17, 15) is 5.11 Å². The summed E-state index contributed by atoms with van der Waals surface area (Å²) in [6, 6.07) is 10.5. The summed E-state index contributed by atoms with van der Waals surface area (Å²) in [4.78, 5) is 2.43. The molecule has 17 heavy (non-hydrogen) atoms. The molecule has 1 saturated heterocycles. The first-order valence-electron chi connectivity index (χ1n) is 6.37.